The van der Waals surface area contributed by atoms with Crippen molar-refractivity contribution in [2.75, 3.05) is 11.9 Å². The lowest BCUT2D eigenvalue weighted by Crippen LogP contribution is -2.38. The highest BCUT2D eigenvalue weighted by Crippen LogP contribution is 2.26. The number of nitrogens with one attached hydrogen (secondary N) is 1. The third-order valence-corrected chi connectivity index (χ3v) is 4.77. The lowest BCUT2D eigenvalue weighted by molar-refractivity contribution is -0.142. The van der Waals surface area contributed by atoms with Crippen LogP contribution in [-0.4, -0.2) is 29.2 Å². The first-order valence-electron chi connectivity index (χ1n) is 8.53. The third-order valence-electron chi connectivity index (χ3n) is 4.53. The molecule has 0 unspecified atom stereocenters. The normalized spacial score (nSPS) is 19.3. The van der Waals surface area contributed by atoms with Gasteiger partial charge in [-0.25, -0.2) is 0 Å². The van der Waals surface area contributed by atoms with E-state index in [1.165, 1.54) is 0 Å². The zero-order chi connectivity index (χ0) is 19.6. The van der Waals surface area contributed by atoms with Crippen molar-refractivity contribution in [3.63, 3.8) is 0 Å². The number of carbonyl (C=O) groups is 3. The van der Waals surface area contributed by atoms with Gasteiger partial charge >= 0.3 is 0 Å². The molecule has 140 valence electrons. The van der Waals surface area contributed by atoms with E-state index in [1.807, 2.05) is 0 Å². The average molecular weight is 387 g/mol. The molecule has 2 aromatic rings. The minimum Gasteiger partial charge on any atom is -0.457 e. The second-order valence-corrected chi connectivity index (χ2v) is 6.91. The first-order chi connectivity index (χ1) is 12.8. The van der Waals surface area contributed by atoms with Crippen molar-refractivity contribution >= 4 is 35.0 Å². The van der Waals surface area contributed by atoms with E-state index in [1.54, 1.807) is 62.4 Å². The van der Waals surface area contributed by atoms with Gasteiger partial charge < -0.3 is 10.1 Å². The van der Waals surface area contributed by atoms with E-state index in [9.17, 15) is 14.4 Å². The van der Waals surface area contributed by atoms with Crippen LogP contribution in [0.3, 0.4) is 0 Å². The summed E-state index contributed by atoms with van der Waals surface area (Å²) in [7, 11) is 0. The Labute approximate surface area is 162 Å². The molecule has 1 N–H and O–H groups in total. The van der Waals surface area contributed by atoms with Gasteiger partial charge in [-0.2, -0.15) is 0 Å². The van der Waals surface area contributed by atoms with Gasteiger partial charge in [-0.3, -0.25) is 19.3 Å². The van der Waals surface area contributed by atoms with Crippen LogP contribution in [0.2, 0.25) is 5.02 Å². The van der Waals surface area contributed by atoms with Crippen LogP contribution in [0.4, 0.5) is 5.69 Å². The molecule has 0 saturated carbocycles. The van der Waals surface area contributed by atoms with Crippen LogP contribution in [0.5, 0.6) is 11.5 Å². The summed E-state index contributed by atoms with van der Waals surface area (Å²) in [5.41, 5.74) is 0.540. The monoisotopic (exact) mass is 386 g/mol. The zero-order valence-electron chi connectivity index (χ0n) is 14.9. The van der Waals surface area contributed by atoms with E-state index in [4.69, 9.17) is 16.3 Å². The lowest BCUT2D eigenvalue weighted by atomic mass is 10.00. The molecule has 0 spiro atoms. The van der Waals surface area contributed by atoms with Gasteiger partial charge in [-0.1, -0.05) is 31.5 Å². The number of nitrogens with zero attached hydrogens (tertiary/aromatic N) is 1. The number of anilines is 1. The number of ether oxygens (including phenoxy) is 1. The zero-order valence-corrected chi connectivity index (χ0v) is 15.7. The Morgan fingerprint density at radius 3 is 2.26 bits per heavy atom. The molecule has 0 aliphatic carbocycles. The summed E-state index contributed by atoms with van der Waals surface area (Å²) in [4.78, 5) is 37.3. The fourth-order valence-corrected chi connectivity index (χ4v) is 2.98. The Hall–Kier alpha value is -2.86. The molecule has 27 heavy (non-hydrogen) atoms. The summed E-state index contributed by atoms with van der Waals surface area (Å²) in [6.07, 6.45) is 0. The Morgan fingerprint density at radius 2 is 1.67 bits per heavy atom. The number of imide groups is 1. The summed E-state index contributed by atoms with van der Waals surface area (Å²) in [5.74, 6) is -0.653. The SMILES string of the molecule is C[C@H]1C(=O)N(CC(=O)Nc2ccc(Oc3cccc(Cl)c3)cc2)C(=O)[C@@H]1C. The van der Waals surface area contributed by atoms with Gasteiger partial charge in [-0.15, -0.1) is 0 Å². The highest BCUT2D eigenvalue weighted by molar-refractivity contribution is 6.30. The predicted octanol–water partition coefficient (Wildman–Crippen LogP) is 3.71. The Morgan fingerprint density at radius 1 is 1.04 bits per heavy atom. The Balaban J connectivity index is 1.59. The second kappa shape index (κ2) is 7.80. The predicted molar refractivity (Wildman–Crippen MR) is 102 cm³/mol. The number of carbonyl (C=O) groups excluding carboxylic acids is 3. The van der Waals surface area contributed by atoms with Gasteiger partial charge in [0.05, 0.1) is 0 Å². The molecular formula is C20H19ClN2O4. The molecule has 0 aromatic heterocycles. The fraction of sp³-hybridized carbons (Fsp3) is 0.250. The standard InChI is InChI=1S/C20H19ClN2O4/c1-12-13(2)20(26)23(19(12)25)11-18(24)22-15-6-8-16(9-7-15)27-17-5-3-4-14(21)10-17/h3-10,12-13H,11H2,1-2H3,(H,22,24)/t12-,13-/m1/s1. The van der Waals surface area contributed by atoms with Gasteiger partial charge in [0.25, 0.3) is 0 Å². The number of hydrogen-bond donors (Lipinski definition) is 1. The molecule has 1 heterocycles. The largest absolute Gasteiger partial charge is 0.457 e. The van der Waals surface area contributed by atoms with Gasteiger partial charge in [0.15, 0.2) is 0 Å². The molecule has 7 heteroatoms. The molecule has 0 radical (unpaired) electrons. The molecule has 1 aliphatic rings. The van der Waals surface area contributed by atoms with E-state index >= 15 is 0 Å². The summed E-state index contributed by atoms with van der Waals surface area (Å²) < 4.78 is 5.68. The summed E-state index contributed by atoms with van der Waals surface area (Å²) in [5, 5.41) is 3.25. The van der Waals surface area contributed by atoms with Crippen LogP contribution >= 0.6 is 11.6 Å². The Bertz CT molecular complexity index is 862. The first-order valence-corrected chi connectivity index (χ1v) is 8.91. The molecule has 3 rings (SSSR count). The molecule has 1 aliphatic heterocycles. The molecule has 1 fully saturated rings. The number of benzene rings is 2. The number of halogens is 1. The summed E-state index contributed by atoms with van der Waals surface area (Å²) >= 11 is 5.92. The molecule has 1 saturated heterocycles. The van der Waals surface area contributed by atoms with E-state index in [2.05, 4.69) is 5.32 Å². The fourth-order valence-electron chi connectivity index (χ4n) is 2.80. The van der Waals surface area contributed by atoms with Crippen LogP contribution in [-0.2, 0) is 14.4 Å². The Kier molecular flexibility index (Phi) is 5.46. The maximum absolute atomic E-state index is 12.2. The van der Waals surface area contributed by atoms with Crippen LogP contribution in [0.15, 0.2) is 48.5 Å². The average Bonchev–Trinajstić information content (AvgIpc) is 2.81. The number of rotatable bonds is 5. The van der Waals surface area contributed by atoms with Crippen LogP contribution in [0.1, 0.15) is 13.8 Å². The topological polar surface area (TPSA) is 75.7 Å². The third kappa shape index (κ3) is 4.28. The highest BCUT2D eigenvalue weighted by atomic mass is 35.5. The maximum Gasteiger partial charge on any atom is 0.244 e. The number of amides is 3. The maximum atomic E-state index is 12.2. The van der Waals surface area contributed by atoms with Gasteiger partial charge in [0.2, 0.25) is 17.7 Å². The number of likely N-dealkylation sites (tertiary alicyclic amines) is 1. The van der Waals surface area contributed by atoms with Crippen LogP contribution in [0, 0.1) is 11.8 Å². The molecule has 3 amide bonds. The highest BCUT2D eigenvalue weighted by Gasteiger charge is 2.42. The van der Waals surface area contributed by atoms with Crippen molar-refractivity contribution in [1.29, 1.82) is 0 Å². The summed E-state index contributed by atoms with van der Waals surface area (Å²) in [6, 6.07) is 13.8. The number of hydrogen-bond acceptors (Lipinski definition) is 4. The first kappa shape index (κ1) is 18.9. The molecule has 0 bridgehead atoms. The van der Waals surface area contributed by atoms with Crippen molar-refractivity contribution in [3.05, 3.63) is 53.6 Å². The van der Waals surface area contributed by atoms with Crippen molar-refractivity contribution < 1.29 is 19.1 Å². The van der Waals surface area contributed by atoms with Crippen molar-refractivity contribution in [1.82, 2.24) is 4.90 Å². The van der Waals surface area contributed by atoms with Gasteiger partial charge in [-0.05, 0) is 42.5 Å². The van der Waals surface area contributed by atoms with Crippen LogP contribution < -0.4 is 10.1 Å². The van der Waals surface area contributed by atoms with Crippen molar-refractivity contribution in [2.45, 2.75) is 13.8 Å². The van der Waals surface area contributed by atoms with E-state index in [0.29, 0.717) is 22.2 Å². The molecule has 2 atom stereocenters. The van der Waals surface area contributed by atoms with E-state index in [0.717, 1.165) is 4.90 Å². The van der Waals surface area contributed by atoms with Gasteiger partial charge in [0.1, 0.15) is 18.0 Å². The minimum atomic E-state index is -0.429. The quantitative estimate of drug-likeness (QED) is 0.795. The molecule has 2 aromatic carbocycles. The smallest absolute Gasteiger partial charge is 0.244 e. The van der Waals surface area contributed by atoms with E-state index < -0.39 is 17.7 Å². The van der Waals surface area contributed by atoms with E-state index in [-0.39, 0.29) is 18.4 Å². The van der Waals surface area contributed by atoms with Crippen molar-refractivity contribution in [2.24, 2.45) is 11.8 Å². The second-order valence-electron chi connectivity index (χ2n) is 6.47. The minimum absolute atomic E-state index is 0.285. The van der Waals surface area contributed by atoms with Gasteiger partial charge in [0, 0.05) is 22.5 Å². The molecule has 6 nitrogen and oxygen atoms in total. The lowest BCUT2D eigenvalue weighted by Gasteiger charge is -2.14. The summed E-state index contributed by atoms with van der Waals surface area (Å²) in [6.45, 7) is 3.11. The van der Waals surface area contributed by atoms with Crippen molar-refractivity contribution in [3.8, 4) is 11.5 Å². The molecular weight excluding hydrogens is 368 g/mol. The van der Waals surface area contributed by atoms with Crippen LogP contribution in [0.25, 0.3) is 0 Å².